The van der Waals surface area contributed by atoms with Gasteiger partial charge >= 0.3 is 0 Å². The lowest BCUT2D eigenvalue weighted by molar-refractivity contribution is 0.0952. The van der Waals surface area contributed by atoms with Crippen LogP contribution in [-0.4, -0.2) is 23.3 Å². The Labute approximate surface area is 157 Å². The molecule has 3 rings (SSSR count). The van der Waals surface area contributed by atoms with Crippen LogP contribution in [-0.2, 0) is 6.42 Å². The molecule has 0 bridgehead atoms. The average molecular weight is 368 g/mol. The molecule has 1 unspecified atom stereocenters. The maximum absolute atomic E-state index is 12.5. The summed E-state index contributed by atoms with van der Waals surface area (Å²) < 4.78 is 5.59. The van der Waals surface area contributed by atoms with Crippen LogP contribution in [0.25, 0.3) is 0 Å². The van der Waals surface area contributed by atoms with Crippen LogP contribution in [0.15, 0.2) is 35.1 Å². The number of rotatable bonds is 6. The molecule has 2 N–H and O–H groups in total. The minimum Gasteiger partial charge on any atom is -0.494 e. The molecule has 0 saturated heterocycles. The molecule has 1 atom stereocenters. The van der Waals surface area contributed by atoms with Crippen LogP contribution in [0, 0.1) is 5.92 Å². The summed E-state index contributed by atoms with van der Waals surface area (Å²) in [6, 6.07) is 8.40. The van der Waals surface area contributed by atoms with Gasteiger partial charge in [-0.05, 0) is 49.1 Å². The van der Waals surface area contributed by atoms with Gasteiger partial charge in [0.15, 0.2) is 5.78 Å². The molecular weight excluding hydrogens is 344 g/mol. The van der Waals surface area contributed by atoms with Crippen LogP contribution in [0.2, 0.25) is 0 Å². The molecule has 1 aliphatic carbocycles. The first-order valence-electron chi connectivity index (χ1n) is 9.31. The van der Waals surface area contributed by atoms with E-state index in [2.05, 4.69) is 17.2 Å². The van der Waals surface area contributed by atoms with E-state index in [-0.39, 0.29) is 17.3 Å². The van der Waals surface area contributed by atoms with E-state index in [1.54, 1.807) is 24.3 Å². The lowest BCUT2D eigenvalue weighted by atomic mass is 9.86. The molecule has 6 heteroatoms. The number of amides is 1. The maximum atomic E-state index is 12.5. The van der Waals surface area contributed by atoms with Gasteiger partial charge in [-0.25, -0.2) is 0 Å². The Morgan fingerprint density at radius 3 is 2.67 bits per heavy atom. The summed E-state index contributed by atoms with van der Waals surface area (Å²) in [5.74, 6) is 0.346. The molecule has 1 heterocycles. The van der Waals surface area contributed by atoms with Crippen molar-refractivity contribution in [3.63, 3.8) is 0 Å². The Balaban J connectivity index is 1.74. The van der Waals surface area contributed by atoms with Gasteiger partial charge < -0.3 is 15.0 Å². The molecule has 1 aromatic carbocycles. The highest BCUT2D eigenvalue weighted by molar-refractivity contribution is 6.06. The fourth-order valence-electron chi connectivity index (χ4n) is 3.16. The maximum Gasteiger partial charge on any atom is 0.261 e. The van der Waals surface area contributed by atoms with E-state index in [1.165, 1.54) is 6.07 Å². The number of ketones is 1. The van der Waals surface area contributed by atoms with Crippen LogP contribution in [0.4, 0.5) is 5.69 Å². The molecule has 0 fully saturated rings. The third-order valence-corrected chi connectivity index (χ3v) is 4.63. The number of ether oxygens (including phenoxy) is 1. The minimum atomic E-state index is -0.537. The number of Topliss-reactive ketones (excluding diaryl/α,β-unsaturated/α-hetero) is 1. The van der Waals surface area contributed by atoms with Crippen molar-refractivity contribution in [2.75, 3.05) is 11.9 Å². The number of aromatic amines is 1. The van der Waals surface area contributed by atoms with Crippen LogP contribution in [0.1, 0.15) is 59.5 Å². The topological polar surface area (TPSA) is 88.3 Å². The largest absolute Gasteiger partial charge is 0.494 e. The van der Waals surface area contributed by atoms with Gasteiger partial charge in [0, 0.05) is 23.4 Å². The number of benzene rings is 1. The van der Waals surface area contributed by atoms with Gasteiger partial charge in [0.2, 0.25) is 0 Å². The molecule has 142 valence electrons. The van der Waals surface area contributed by atoms with Gasteiger partial charge in [-0.15, -0.1) is 0 Å². The highest BCUT2D eigenvalue weighted by Crippen LogP contribution is 2.23. The Morgan fingerprint density at radius 1 is 1.22 bits per heavy atom. The highest BCUT2D eigenvalue weighted by atomic mass is 16.5. The molecular formula is C21H24N2O4. The number of carbonyl (C=O) groups excluding carboxylic acids is 2. The summed E-state index contributed by atoms with van der Waals surface area (Å²) in [4.78, 5) is 39.7. The zero-order valence-electron chi connectivity index (χ0n) is 15.6. The van der Waals surface area contributed by atoms with Gasteiger partial charge in [-0.1, -0.05) is 20.3 Å². The van der Waals surface area contributed by atoms with Gasteiger partial charge in [0.1, 0.15) is 11.3 Å². The fraction of sp³-hybridized carbons (Fsp3) is 0.381. The summed E-state index contributed by atoms with van der Waals surface area (Å²) in [7, 11) is 0. The number of carbonyl (C=O) groups is 2. The van der Waals surface area contributed by atoms with Crippen molar-refractivity contribution in [3.8, 4) is 5.75 Å². The fourth-order valence-corrected chi connectivity index (χ4v) is 3.16. The lowest BCUT2D eigenvalue weighted by Crippen LogP contribution is -2.29. The van der Waals surface area contributed by atoms with Gasteiger partial charge in [0.05, 0.1) is 6.61 Å². The first-order chi connectivity index (χ1) is 13.0. The molecule has 0 spiro atoms. The summed E-state index contributed by atoms with van der Waals surface area (Å²) in [6.07, 6.45) is 3.11. The van der Waals surface area contributed by atoms with Crippen molar-refractivity contribution >= 4 is 17.4 Å². The van der Waals surface area contributed by atoms with Gasteiger partial charge in [0.25, 0.3) is 11.5 Å². The Kier molecular flexibility index (Phi) is 5.74. The third-order valence-electron chi connectivity index (χ3n) is 4.63. The zero-order valence-corrected chi connectivity index (χ0v) is 15.6. The van der Waals surface area contributed by atoms with Crippen molar-refractivity contribution in [1.29, 1.82) is 0 Å². The number of hydrogen-bond donors (Lipinski definition) is 2. The minimum absolute atomic E-state index is 0.0392. The molecule has 27 heavy (non-hydrogen) atoms. The van der Waals surface area contributed by atoms with Crippen molar-refractivity contribution in [1.82, 2.24) is 4.98 Å². The second-order valence-electron chi connectivity index (χ2n) is 7.02. The SMILES string of the molecule is CCCCOc1ccc(NC(=O)c2cc3c([nH]c2=O)CC(C)CC3=O)cc1. The number of H-pyrrole nitrogens is 1. The van der Waals surface area contributed by atoms with E-state index >= 15 is 0 Å². The van der Waals surface area contributed by atoms with Crippen LogP contribution in [0.3, 0.4) is 0 Å². The van der Waals surface area contributed by atoms with E-state index in [1.807, 2.05) is 6.92 Å². The number of anilines is 1. The van der Waals surface area contributed by atoms with Crippen molar-refractivity contribution in [2.24, 2.45) is 5.92 Å². The second kappa shape index (κ2) is 8.20. The molecule has 0 saturated carbocycles. The first kappa shape index (κ1) is 18.9. The summed E-state index contributed by atoms with van der Waals surface area (Å²) in [5, 5.41) is 2.70. The molecule has 1 amide bonds. The van der Waals surface area contributed by atoms with Gasteiger partial charge in [-0.3, -0.25) is 14.4 Å². The van der Waals surface area contributed by atoms with E-state index in [0.717, 1.165) is 18.6 Å². The van der Waals surface area contributed by atoms with E-state index in [4.69, 9.17) is 4.74 Å². The molecule has 0 aliphatic heterocycles. The monoisotopic (exact) mass is 368 g/mol. The number of aromatic nitrogens is 1. The van der Waals surface area contributed by atoms with E-state index < -0.39 is 11.5 Å². The predicted octanol–water partition coefficient (Wildman–Crippen LogP) is 3.57. The van der Waals surface area contributed by atoms with E-state index in [9.17, 15) is 14.4 Å². The summed E-state index contributed by atoms with van der Waals surface area (Å²) in [5.41, 5.74) is 1.08. The number of unbranched alkanes of at least 4 members (excludes halogenated alkanes) is 1. The second-order valence-corrected chi connectivity index (χ2v) is 7.02. The molecule has 6 nitrogen and oxygen atoms in total. The van der Waals surface area contributed by atoms with E-state index in [0.29, 0.717) is 36.4 Å². The van der Waals surface area contributed by atoms with Crippen LogP contribution in [0.5, 0.6) is 5.75 Å². The number of fused-ring (bicyclic) bond motifs is 1. The van der Waals surface area contributed by atoms with Crippen LogP contribution < -0.4 is 15.6 Å². The highest BCUT2D eigenvalue weighted by Gasteiger charge is 2.25. The third kappa shape index (κ3) is 4.45. The smallest absolute Gasteiger partial charge is 0.261 e. The summed E-state index contributed by atoms with van der Waals surface area (Å²) >= 11 is 0. The molecule has 1 aliphatic rings. The molecule has 0 radical (unpaired) electrons. The zero-order chi connectivity index (χ0) is 19.4. The number of pyridine rings is 1. The average Bonchev–Trinajstić information content (AvgIpc) is 2.62. The normalized spacial score (nSPS) is 15.9. The van der Waals surface area contributed by atoms with Crippen molar-refractivity contribution in [2.45, 2.75) is 39.5 Å². The molecule has 1 aromatic heterocycles. The number of hydrogen-bond acceptors (Lipinski definition) is 4. The Bertz CT molecular complexity index is 899. The Hall–Kier alpha value is -2.89. The van der Waals surface area contributed by atoms with Crippen molar-refractivity contribution < 1.29 is 14.3 Å². The standard InChI is InChI=1S/C21H24N2O4/c1-3-4-9-27-15-7-5-14(6-8-15)22-20(25)17-12-16-18(23-21(17)26)10-13(2)11-19(16)24/h5-8,12-13H,3-4,9-11H2,1-2H3,(H,22,25)(H,23,26). The van der Waals surface area contributed by atoms with Crippen molar-refractivity contribution in [3.05, 3.63) is 57.5 Å². The predicted molar refractivity (Wildman–Crippen MR) is 104 cm³/mol. The van der Waals surface area contributed by atoms with Crippen LogP contribution >= 0.6 is 0 Å². The first-order valence-corrected chi connectivity index (χ1v) is 9.31. The number of nitrogens with one attached hydrogen (secondary N) is 2. The molecule has 2 aromatic rings. The quantitative estimate of drug-likeness (QED) is 0.763. The lowest BCUT2D eigenvalue weighted by Gasteiger charge is -2.20. The summed E-state index contributed by atoms with van der Waals surface area (Å²) in [6.45, 7) is 4.72. The van der Waals surface area contributed by atoms with Gasteiger partial charge in [-0.2, -0.15) is 0 Å². The Morgan fingerprint density at radius 2 is 1.96 bits per heavy atom.